The van der Waals surface area contributed by atoms with Gasteiger partial charge in [-0.2, -0.15) is 0 Å². The Morgan fingerprint density at radius 3 is 2.06 bits per heavy atom. The minimum absolute atomic E-state index is 0.247. The number of carbonyl (C=O) groups is 2. The van der Waals surface area contributed by atoms with E-state index in [-0.39, 0.29) is 11.9 Å². The number of ether oxygens (including phenoxy) is 3. The molecule has 34 heavy (non-hydrogen) atoms. The highest BCUT2D eigenvalue weighted by Crippen LogP contribution is 2.34. The van der Waals surface area contributed by atoms with Gasteiger partial charge in [-0.3, -0.25) is 4.79 Å². The number of unbranched alkanes of at least 4 members (excludes halogenated alkanes) is 11. The normalized spacial score (nSPS) is 22.1. The third-order valence-corrected chi connectivity index (χ3v) is 6.44. The Labute approximate surface area is 204 Å². The van der Waals surface area contributed by atoms with Crippen molar-refractivity contribution in [3.8, 4) is 0 Å². The van der Waals surface area contributed by atoms with Crippen LogP contribution in [0.1, 0.15) is 110 Å². The Hall–Kier alpha value is -1.86. The quantitative estimate of drug-likeness (QED) is 0.133. The van der Waals surface area contributed by atoms with Gasteiger partial charge in [0.25, 0.3) is 0 Å². The maximum atomic E-state index is 11.9. The van der Waals surface area contributed by atoms with Crippen LogP contribution in [0.25, 0.3) is 0 Å². The van der Waals surface area contributed by atoms with Crippen molar-refractivity contribution in [1.29, 1.82) is 0 Å². The minimum atomic E-state index is -0.694. The van der Waals surface area contributed by atoms with E-state index in [0.717, 1.165) is 51.4 Å². The van der Waals surface area contributed by atoms with E-state index in [4.69, 9.17) is 19.3 Å². The summed E-state index contributed by atoms with van der Waals surface area (Å²) < 4.78 is 16.8. The summed E-state index contributed by atoms with van der Waals surface area (Å²) >= 11 is 0. The summed E-state index contributed by atoms with van der Waals surface area (Å²) in [6.07, 6.45) is 18.9. The van der Waals surface area contributed by atoms with Crippen LogP contribution in [-0.4, -0.2) is 46.8 Å². The molecule has 1 saturated heterocycles. The van der Waals surface area contributed by atoms with Gasteiger partial charge in [0.2, 0.25) is 5.76 Å². The van der Waals surface area contributed by atoms with Crippen LogP contribution in [-0.2, 0) is 23.8 Å². The first-order valence-electron chi connectivity index (χ1n) is 13.1. The highest BCUT2D eigenvalue weighted by Gasteiger charge is 2.45. The molecule has 2 N–H and O–H groups in total. The average molecular weight is 481 g/mol. The van der Waals surface area contributed by atoms with Crippen molar-refractivity contribution in [2.45, 2.75) is 128 Å². The zero-order valence-corrected chi connectivity index (χ0v) is 21.1. The summed E-state index contributed by atoms with van der Waals surface area (Å²) in [6.45, 7) is 4.02. The number of hydrogen-bond acceptors (Lipinski definition) is 6. The van der Waals surface area contributed by atoms with Gasteiger partial charge in [0.1, 0.15) is 6.10 Å². The molecule has 7 heteroatoms. The Morgan fingerprint density at radius 1 is 0.941 bits per heavy atom. The third-order valence-electron chi connectivity index (χ3n) is 6.44. The second kappa shape index (κ2) is 15.2. The first-order chi connectivity index (χ1) is 16.3. The summed E-state index contributed by atoms with van der Waals surface area (Å²) in [5, 5.41) is 18.7. The van der Waals surface area contributed by atoms with E-state index in [1.165, 1.54) is 32.1 Å². The number of cyclic esters (lactones) is 1. The van der Waals surface area contributed by atoms with E-state index in [0.29, 0.717) is 25.0 Å². The van der Waals surface area contributed by atoms with Crippen molar-refractivity contribution < 1.29 is 34.0 Å². The van der Waals surface area contributed by atoms with E-state index in [2.05, 4.69) is 12.2 Å². The number of aliphatic carboxylic acids is 1. The van der Waals surface area contributed by atoms with E-state index < -0.39 is 23.8 Å². The predicted octanol–water partition coefficient (Wildman–Crippen LogP) is 6.37. The number of aliphatic hydroxyl groups excluding tert-OH is 1. The zero-order chi connectivity index (χ0) is 24.8. The lowest BCUT2D eigenvalue weighted by molar-refractivity contribution is -0.161. The molecule has 2 aliphatic rings. The van der Waals surface area contributed by atoms with Gasteiger partial charge in [0, 0.05) is 12.0 Å². The van der Waals surface area contributed by atoms with Crippen molar-refractivity contribution in [2.75, 3.05) is 6.61 Å². The number of esters is 1. The molecule has 0 aromatic carbocycles. The average Bonchev–Trinajstić information content (AvgIpc) is 3.28. The number of carboxylic acids is 1. The van der Waals surface area contributed by atoms with Gasteiger partial charge in [0.15, 0.2) is 11.9 Å². The molecular weight excluding hydrogens is 436 g/mol. The van der Waals surface area contributed by atoms with Gasteiger partial charge in [0.05, 0.1) is 6.61 Å². The van der Waals surface area contributed by atoms with Gasteiger partial charge in [-0.05, 0) is 58.8 Å². The summed E-state index contributed by atoms with van der Waals surface area (Å²) in [5.74, 6) is -2.29. The molecular formula is C27H44O7. The molecule has 1 fully saturated rings. The number of carboxylic acid groups (broad SMARTS) is 1. The molecule has 0 saturated carbocycles. The maximum Gasteiger partial charge on any atom is 0.374 e. The highest BCUT2D eigenvalue weighted by molar-refractivity contribution is 5.89. The number of hydrogen-bond donors (Lipinski definition) is 2. The van der Waals surface area contributed by atoms with Crippen molar-refractivity contribution in [2.24, 2.45) is 0 Å². The first kappa shape index (κ1) is 28.4. The van der Waals surface area contributed by atoms with Crippen molar-refractivity contribution in [1.82, 2.24) is 0 Å². The van der Waals surface area contributed by atoms with E-state index >= 15 is 0 Å². The van der Waals surface area contributed by atoms with Crippen LogP contribution in [0.3, 0.4) is 0 Å². The Morgan fingerprint density at radius 2 is 1.50 bits per heavy atom. The van der Waals surface area contributed by atoms with Gasteiger partial charge >= 0.3 is 11.9 Å². The Bertz CT molecular complexity index is 695. The van der Waals surface area contributed by atoms with Crippen molar-refractivity contribution >= 4 is 11.9 Å². The highest BCUT2D eigenvalue weighted by atomic mass is 16.8. The van der Waals surface area contributed by atoms with Crippen LogP contribution < -0.4 is 0 Å². The molecule has 7 nitrogen and oxygen atoms in total. The van der Waals surface area contributed by atoms with Crippen LogP contribution in [0.15, 0.2) is 23.5 Å². The van der Waals surface area contributed by atoms with Crippen molar-refractivity contribution in [3.05, 3.63) is 23.5 Å². The van der Waals surface area contributed by atoms with Gasteiger partial charge in [-0.25, -0.2) is 4.79 Å². The summed E-state index contributed by atoms with van der Waals surface area (Å²) in [4.78, 5) is 22.3. The van der Waals surface area contributed by atoms with Crippen LogP contribution in [0.5, 0.6) is 0 Å². The Kier molecular flexibility index (Phi) is 12.7. The minimum Gasteiger partial charge on any atom is -0.502 e. The standard InChI is InChI=1S/C27H44O7/c1-27(2)32-20-22(34-27)25-21(24(30)26(31)33-25)18-16-14-12-10-8-6-4-3-5-7-9-11-13-15-17-19-23(28)29/h3,5,22,25,30H,4,6-20H2,1-2H3,(H,28,29)/b5-3-. The second-order valence-electron chi connectivity index (χ2n) is 9.90. The van der Waals surface area contributed by atoms with E-state index in [1.807, 2.05) is 13.8 Å². The third kappa shape index (κ3) is 10.6. The van der Waals surface area contributed by atoms with Crippen LogP contribution >= 0.6 is 0 Å². The lowest BCUT2D eigenvalue weighted by Gasteiger charge is -2.22. The SMILES string of the molecule is CC1(C)OCC(C2OC(=O)C(O)=C2CCCCCCCC/C=C\CCCCCCCC(=O)O)O1. The van der Waals surface area contributed by atoms with E-state index in [9.17, 15) is 14.7 Å². The number of aliphatic hydroxyl groups is 1. The van der Waals surface area contributed by atoms with Gasteiger partial charge in [-0.1, -0.05) is 57.1 Å². The fourth-order valence-corrected chi connectivity index (χ4v) is 4.52. The molecule has 0 radical (unpaired) electrons. The van der Waals surface area contributed by atoms with Crippen molar-refractivity contribution in [3.63, 3.8) is 0 Å². The molecule has 0 spiro atoms. The summed E-state index contributed by atoms with van der Waals surface area (Å²) in [5.41, 5.74) is 0.654. The number of rotatable bonds is 18. The second-order valence-corrected chi connectivity index (χ2v) is 9.90. The molecule has 0 bridgehead atoms. The molecule has 2 atom stereocenters. The van der Waals surface area contributed by atoms with Gasteiger partial charge < -0.3 is 24.4 Å². The topological polar surface area (TPSA) is 102 Å². The first-order valence-corrected chi connectivity index (χ1v) is 13.1. The zero-order valence-electron chi connectivity index (χ0n) is 21.1. The molecule has 0 aliphatic carbocycles. The molecule has 2 heterocycles. The molecule has 2 unspecified atom stereocenters. The lowest BCUT2D eigenvalue weighted by atomic mass is 9.98. The monoisotopic (exact) mass is 480 g/mol. The lowest BCUT2D eigenvalue weighted by Crippen LogP contribution is -2.32. The number of allylic oxidation sites excluding steroid dienone is 2. The van der Waals surface area contributed by atoms with E-state index in [1.54, 1.807) is 0 Å². The molecule has 194 valence electrons. The molecule has 0 amide bonds. The molecule has 0 aromatic rings. The number of carbonyl (C=O) groups excluding carboxylic acids is 1. The fourth-order valence-electron chi connectivity index (χ4n) is 4.52. The van der Waals surface area contributed by atoms with Crippen LogP contribution in [0, 0.1) is 0 Å². The van der Waals surface area contributed by atoms with Crippen LogP contribution in [0.2, 0.25) is 0 Å². The summed E-state index contributed by atoms with van der Waals surface area (Å²) in [7, 11) is 0. The smallest absolute Gasteiger partial charge is 0.374 e. The Balaban J connectivity index is 1.45. The fraction of sp³-hybridized carbons (Fsp3) is 0.778. The predicted molar refractivity (Wildman–Crippen MR) is 130 cm³/mol. The summed E-state index contributed by atoms with van der Waals surface area (Å²) in [6, 6.07) is 0. The maximum absolute atomic E-state index is 11.9. The van der Waals surface area contributed by atoms with Crippen LogP contribution in [0.4, 0.5) is 0 Å². The molecule has 2 rings (SSSR count). The largest absolute Gasteiger partial charge is 0.502 e. The van der Waals surface area contributed by atoms with Gasteiger partial charge in [-0.15, -0.1) is 0 Å². The molecule has 2 aliphatic heterocycles. The molecule has 0 aromatic heterocycles.